The maximum atomic E-state index is 13.2. The molecule has 1 aromatic carbocycles. The van der Waals surface area contributed by atoms with Gasteiger partial charge in [-0.15, -0.1) is 0 Å². The molecule has 1 aliphatic rings. The normalized spacial score (nSPS) is 29.6. The first-order valence-corrected chi connectivity index (χ1v) is 6.51. The molecule has 0 aliphatic heterocycles. The SMILES string of the molecule is CC1CCC(N)(Cc2cc(F)ccc2Br)C1. The van der Waals surface area contributed by atoms with Crippen LogP contribution in [0.2, 0.25) is 0 Å². The highest BCUT2D eigenvalue weighted by molar-refractivity contribution is 9.10. The van der Waals surface area contributed by atoms with Crippen LogP contribution >= 0.6 is 15.9 Å². The number of nitrogens with two attached hydrogens (primary N) is 1. The Kier molecular flexibility index (Phi) is 3.36. The summed E-state index contributed by atoms with van der Waals surface area (Å²) in [6, 6.07) is 4.81. The van der Waals surface area contributed by atoms with Crippen LogP contribution in [-0.2, 0) is 6.42 Å². The van der Waals surface area contributed by atoms with Gasteiger partial charge in [0.2, 0.25) is 0 Å². The van der Waals surface area contributed by atoms with E-state index >= 15 is 0 Å². The van der Waals surface area contributed by atoms with Gasteiger partial charge in [-0.1, -0.05) is 22.9 Å². The zero-order chi connectivity index (χ0) is 11.8. The van der Waals surface area contributed by atoms with E-state index in [4.69, 9.17) is 5.73 Å². The first-order valence-electron chi connectivity index (χ1n) is 5.71. The third-order valence-electron chi connectivity index (χ3n) is 3.44. The molecule has 2 atom stereocenters. The fourth-order valence-electron chi connectivity index (χ4n) is 2.65. The van der Waals surface area contributed by atoms with E-state index in [9.17, 15) is 4.39 Å². The average molecular weight is 286 g/mol. The topological polar surface area (TPSA) is 26.0 Å². The molecule has 1 aromatic rings. The van der Waals surface area contributed by atoms with Gasteiger partial charge in [-0.05, 0) is 55.4 Å². The van der Waals surface area contributed by atoms with Gasteiger partial charge in [-0.3, -0.25) is 0 Å². The van der Waals surface area contributed by atoms with E-state index in [1.807, 2.05) is 0 Å². The van der Waals surface area contributed by atoms with Crippen LogP contribution < -0.4 is 5.73 Å². The molecular formula is C13H17BrFN. The minimum absolute atomic E-state index is 0.143. The summed E-state index contributed by atoms with van der Waals surface area (Å²) in [6.45, 7) is 2.23. The van der Waals surface area contributed by atoms with Crippen molar-refractivity contribution in [3.63, 3.8) is 0 Å². The minimum atomic E-state index is -0.187. The van der Waals surface area contributed by atoms with Gasteiger partial charge in [0, 0.05) is 10.0 Å². The van der Waals surface area contributed by atoms with Crippen LogP contribution in [0.25, 0.3) is 0 Å². The fraction of sp³-hybridized carbons (Fsp3) is 0.538. The Bertz CT molecular complexity index is 394. The van der Waals surface area contributed by atoms with Gasteiger partial charge in [-0.25, -0.2) is 4.39 Å². The lowest BCUT2D eigenvalue weighted by Crippen LogP contribution is -2.39. The molecule has 3 heteroatoms. The largest absolute Gasteiger partial charge is 0.325 e. The summed E-state index contributed by atoms with van der Waals surface area (Å²) in [5.74, 6) is 0.505. The van der Waals surface area contributed by atoms with Crippen LogP contribution in [0.15, 0.2) is 22.7 Å². The number of benzene rings is 1. The van der Waals surface area contributed by atoms with Crippen molar-refractivity contribution in [1.29, 1.82) is 0 Å². The Labute approximate surface area is 104 Å². The molecule has 16 heavy (non-hydrogen) atoms. The van der Waals surface area contributed by atoms with Crippen molar-refractivity contribution in [3.8, 4) is 0 Å². The zero-order valence-electron chi connectivity index (χ0n) is 9.47. The monoisotopic (exact) mass is 285 g/mol. The molecule has 1 aliphatic carbocycles. The molecule has 1 nitrogen and oxygen atoms in total. The third kappa shape index (κ3) is 2.64. The summed E-state index contributed by atoms with van der Waals surface area (Å²) in [5, 5.41) is 0. The van der Waals surface area contributed by atoms with Crippen LogP contribution in [0.3, 0.4) is 0 Å². The van der Waals surface area contributed by atoms with Crippen molar-refractivity contribution < 1.29 is 4.39 Å². The average Bonchev–Trinajstić information content (AvgIpc) is 2.52. The standard InChI is InChI=1S/C13H17BrFN/c1-9-4-5-13(16,7-9)8-10-6-11(15)2-3-12(10)14/h2-3,6,9H,4-5,7-8,16H2,1H3. The molecule has 0 saturated heterocycles. The molecule has 0 heterocycles. The van der Waals surface area contributed by atoms with E-state index in [0.717, 1.165) is 29.3 Å². The summed E-state index contributed by atoms with van der Waals surface area (Å²) in [5.41, 5.74) is 7.20. The van der Waals surface area contributed by atoms with Crippen LogP contribution in [0.1, 0.15) is 31.7 Å². The molecule has 0 amide bonds. The Morgan fingerprint density at radius 1 is 1.56 bits per heavy atom. The van der Waals surface area contributed by atoms with Crippen LogP contribution in [0.4, 0.5) is 4.39 Å². The van der Waals surface area contributed by atoms with Crippen molar-refractivity contribution in [2.24, 2.45) is 11.7 Å². The smallest absolute Gasteiger partial charge is 0.123 e. The predicted molar refractivity (Wildman–Crippen MR) is 67.7 cm³/mol. The van der Waals surface area contributed by atoms with Crippen molar-refractivity contribution >= 4 is 15.9 Å². The van der Waals surface area contributed by atoms with E-state index in [1.54, 1.807) is 12.1 Å². The second kappa shape index (κ2) is 4.46. The molecule has 88 valence electrons. The fourth-order valence-corrected chi connectivity index (χ4v) is 3.04. The number of halogens is 2. The van der Waals surface area contributed by atoms with Gasteiger partial charge in [0.1, 0.15) is 5.82 Å². The Morgan fingerprint density at radius 3 is 2.94 bits per heavy atom. The van der Waals surface area contributed by atoms with Gasteiger partial charge in [0.25, 0.3) is 0 Å². The van der Waals surface area contributed by atoms with E-state index < -0.39 is 0 Å². The van der Waals surface area contributed by atoms with Crippen molar-refractivity contribution in [1.82, 2.24) is 0 Å². The van der Waals surface area contributed by atoms with Gasteiger partial charge >= 0.3 is 0 Å². The van der Waals surface area contributed by atoms with Crippen LogP contribution in [0.5, 0.6) is 0 Å². The Hall–Kier alpha value is -0.410. The second-order valence-corrected chi connectivity index (χ2v) is 5.98. The van der Waals surface area contributed by atoms with Gasteiger partial charge in [-0.2, -0.15) is 0 Å². The highest BCUT2D eigenvalue weighted by Gasteiger charge is 2.34. The molecule has 0 spiro atoms. The maximum Gasteiger partial charge on any atom is 0.123 e. The highest BCUT2D eigenvalue weighted by atomic mass is 79.9. The first kappa shape index (κ1) is 12.1. The first-order chi connectivity index (χ1) is 7.48. The number of hydrogen-bond donors (Lipinski definition) is 1. The summed E-state index contributed by atoms with van der Waals surface area (Å²) < 4.78 is 14.1. The summed E-state index contributed by atoms with van der Waals surface area (Å²) in [4.78, 5) is 0. The molecule has 2 N–H and O–H groups in total. The molecule has 0 bridgehead atoms. The van der Waals surface area contributed by atoms with Crippen molar-refractivity contribution in [2.45, 2.75) is 38.1 Å². The van der Waals surface area contributed by atoms with Gasteiger partial charge in [0.15, 0.2) is 0 Å². The minimum Gasteiger partial charge on any atom is -0.325 e. The highest BCUT2D eigenvalue weighted by Crippen LogP contribution is 2.36. The van der Waals surface area contributed by atoms with E-state index in [-0.39, 0.29) is 11.4 Å². The molecule has 1 fully saturated rings. The van der Waals surface area contributed by atoms with Crippen molar-refractivity contribution in [3.05, 3.63) is 34.1 Å². The van der Waals surface area contributed by atoms with Crippen molar-refractivity contribution in [2.75, 3.05) is 0 Å². The zero-order valence-corrected chi connectivity index (χ0v) is 11.1. The third-order valence-corrected chi connectivity index (χ3v) is 4.21. The molecule has 0 aromatic heterocycles. The number of hydrogen-bond acceptors (Lipinski definition) is 1. The van der Waals surface area contributed by atoms with Gasteiger partial charge < -0.3 is 5.73 Å². The quantitative estimate of drug-likeness (QED) is 0.882. The lowest BCUT2D eigenvalue weighted by Gasteiger charge is -2.24. The van der Waals surface area contributed by atoms with E-state index in [2.05, 4.69) is 22.9 Å². The maximum absolute atomic E-state index is 13.2. The lowest BCUT2D eigenvalue weighted by atomic mass is 9.89. The molecule has 0 radical (unpaired) electrons. The predicted octanol–water partition coefficient (Wildman–Crippen LogP) is 3.65. The molecular weight excluding hydrogens is 269 g/mol. The Morgan fingerprint density at radius 2 is 2.31 bits per heavy atom. The second-order valence-electron chi connectivity index (χ2n) is 5.12. The van der Waals surface area contributed by atoms with E-state index in [0.29, 0.717) is 5.92 Å². The van der Waals surface area contributed by atoms with Crippen LogP contribution in [0, 0.1) is 11.7 Å². The summed E-state index contributed by atoms with van der Waals surface area (Å²) in [7, 11) is 0. The summed E-state index contributed by atoms with van der Waals surface area (Å²) in [6.07, 6.45) is 4.02. The van der Waals surface area contributed by atoms with Crippen LogP contribution in [-0.4, -0.2) is 5.54 Å². The summed E-state index contributed by atoms with van der Waals surface area (Å²) >= 11 is 3.45. The van der Waals surface area contributed by atoms with Gasteiger partial charge in [0.05, 0.1) is 0 Å². The van der Waals surface area contributed by atoms with E-state index in [1.165, 1.54) is 12.5 Å². The Balaban J connectivity index is 2.17. The molecule has 2 rings (SSSR count). The molecule has 2 unspecified atom stereocenters. The number of rotatable bonds is 2. The lowest BCUT2D eigenvalue weighted by molar-refractivity contribution is 0.418. The molecule has 1 saturated carbocycles.